The summed E-state index contributed by atoms with van der Waals surface area (Å²) in [5.41, 5.74) is 2.78. The summed E-state index contributed by atoms with van der Waals surface area (Å²) in [5.74, 6) is -1.33. The number of nitriles is 1. The molecule has 1 heterocycles. The molecule has 3 aromatic rings. The number of benzene rings is 3. The number of anilines is 2. The highest BCUT2D eigenvalue weighted by atomic mass is 79.9. The molecule has 1 N–H and O–H groups in total. The third kappa shape index (κ3) is 5.06. The van der Waals surface area contributed by atoms with Crippen molar-refractivity contribution in [3.63, 3.8) is 0 Å². The van der Waals surface area contributed by atoms with Crippen LogP contribution in [0.15, 0.2) is 87.9 Å². The van der Waals surface area contributed by atoms with Crippen molar-refractivity contribution in [3.8, 4) is 6.07 Å². The minimum atomic E-state index is -0.622. The SMILES string of the molecule is Cc1ccccc1C[C@H]1S/C(=C(/C#N)C(=O)Nc2ccc(Br)cc2)N(c2ccc(F)cc2)C1=O. The van der Waals surface area contributed by atoms with E-state index in [4.69, 9.17) is 0 Å². The molecule has 0 aromatic heterocycles. The van der Waals surface area contributed by atoms with Crippen molar-refractivity contribution in [2.45, 2.75) is 18.6 Å². The molecular formula is C26H19BrFN3O2S. The first-order chi connectivity index (χ1) is 16.4. The van der Waals surface area contributed by atoms with Crippen LogP contribution in [0.25, 0.3) is 0 Å². The Morgan fingerprint density at radius 2 is 1.79 bits per heavy atom. The maximum atomic E-state index is 13.6. The van der Waals surface area contributed by atoms with E-state index in [1.807, 2.05) is 37.3 Å². The van der Waals surface area contributed by atoms with Crippen LogP contribution < -0.4 is 10.2 Å². The molecule has 170 valence electrons. The molecule has 1 atom stereocenters. The number of thioether (sulfide) groups is 1. The molecule has 0 unspecified atom stereocenters. The van der Waals surface area contributed by atoms with Crippen LogP contribution in [0.2, 0.25) is 0 Å². The topological polar surface area (TPSA) is 73.2 Å². The van der Waals surface area contributed by atoms with E-state index in [1.54, 1.807) is 24.3 Å². The maximum absolute atomic E-state index is 13.6. The second kappa shape index (κ2) is 10.2. The highest BCUT2D eigenvalue weighted by Crippen LogP contribution is 2.42. The van der Waals surface area contributed by atoms with E-state index >= 15 is 0 Å². The molecule has 5 nitrogen and oxygen atoms in total. The number of hydrogen-bond donors (Lipinski definition) is 1. The van der Waals surface area contributed by atoms with Crippen molar-refractivity contribution < 1.29 is 14.0 Å². The molecule has 1 aliphatic rings. The van der Waals surface area contributed by atoms with Gasteiger partial charge in [0, 0.05) is 15.8 Å². The maximum Gasteiger partial charge on any atom is 0.269 e. The van der Waals surface area contributed by atoms with Crippen molar-refractivity contribution in [2.75, 3.05) is 10.2 Å². The quantitative estimate of drug-likeness (QED) is 0.323. The van der Waals surface area contributed by atoms with Gasteiger partial charge in [0.05, 0.1) is 5.25 Å². The second-order valence-electron chi connectivity index (χ2n) is 7.64. The summed E-state index contributed by atoms with van der Waals surface area (Å²) >= 11 is 4.52. The number of carbonyl (C=O) groups excluding carboxylic acids is 2. The molecule has 0 radical (unpaired) electrons. The summed E-state index contributed by atoms with van der Waals surface area (Å²) in [4.78, 5) is 27.9. The smallest absolute Gasteiger partial charge is 0.269 e. The number of rotatable bonds is 5. The lowest BCUT2D eigenvalue weighted by Gasteiger charge is -2.18. The van der Waals surface area contributed by atoms with Gasteiger partial charge >= 0.3 is 0 Å². The minimum absolute atomic E-state index is 0.183. The van der Waals surface area contributed by atoms with E-state index in [0.717, 1.165) is 15.6 Å². The lowest BCUT2D eigenvalue weighted by atomic mass is 10.0. The molecule has 2 amide bonds. The standard InChI is InChI=1S/C26H19BrFN3O2S/c1-16-4-2-3-5-17(16)14-23-25(33)31(21-12-8-19(28)9-13-21)26(34-23)22(15-29)24(32)30-20-10-6-18(27)7-11-20/h2-13,23H,14H2,1H3,(H,30,32)/b26-22-/t23-/m1/s1. The molecule has 1 aliphatic heterocycles. The summed E-state index contributed by atoms with van der Waals surface area (Å²) < 4.78 is 14.4. The average Bonchev–Trinajstić information content (AvgIpc) is 3.13. The molecule has 1 saturated heterocycles. The summed E-state index contributed by atoms with van der Waals surface area (Å²) in [6, 6.07) is 22.1. The fourth-order valence-corrected chi connectivity index (χ4v) is 5.14. The third-order valence-electron chi connectivity index (χ3n) is 5.36. The van der Waals surface area contributed by atoms with Crippen molar-refractivity contribution >= 4 is 50.9 Å². The van der Waals surface area contributed by atoms with Gasteiger partial charge in [-0.05, 0) is 73.0 Å². The first-order valence-corrected chi connectivity index (χ1v) is 12.1. The normalized spacial score (nSPS) is 16.8. The van der Waals surface area contributed by atoms with E-state index < -0.39 is 17.0 Å². The summed E-state index contributed by atoms with van der Waals surface area (Å²) in [6.07, 6.45) is 0.435. The van der Waals surface area contributed by atoms with Gasteiger partial charge in [-0.3, -0.25) is 14.5 Å². The number of carbonyl (C=O) groups is 2. The predicted octanol–water partition coefficient (Wildman–Crippen LogP) is 5.96. The fourth-order valence-electron chi connectivity index (χ4n) is 3.58. The Balaban J connectivity index is 1.73. The zero-order valence-corrected chi connectivity index (χ0v) is 20.5. The third-order valence-corrected chi connectivity index (χ3v) is 7.15. The van der Waals surface area contributed by atoms with Crippen LogP contribution in [-0.2, 0) is 16.0 Å². The number of nitrogens with one attached hydrogen (secondary N) is 1. The first-order valence-electron chi connectivity index (χ1n) is 10.4. The zero-order chi connectivity index (χ0) is 24.2. The average molecular weight is 536 g/mol. The highest BCUT2D eigenvalue weighted by molar-refractivity contribution is 9.10. The van der Waals surface area contributed by atoms with E-state index in [-0.39, 0.29) is 16.5 Å². The van der Waals surface area contributed by atoms with Gasteiger partial charge in [0.25, 0.3) is 5.91 Å². The van der Waals surface area contributed by atoms with Crippen LogP contribution in [0.3, 0.4) is 0 Å². The minimum Gasteiger partial charge on any atom is -0.321 e. The van der Waals surface area contributed by atoms with E-state index in [9.17, 15) is 19.2 Å². The highest BCUT2D eigenvalue weighted by Gasteiger charge is 2.41. The van der Waals surface area contributed by atoms with Crippen LogP contribution in [0.5, 0.6) is 0 Å². The largest absolute Gasteiger partial charge is 0.321 e. The Labute approximate surface area is 209 Å². The number of nitrogens with zero attached hydrogens (tertiary/aromatic N) is 2. The fraction of sp³-hybridized carbons (Fsp3) is 0.115. The predicted molar refractivity (Wildman–Crippen MR) is 136 cm³/mol. The van der Waals surface area contributed by atoms with Gasteiger partial charge < -0.3 is 5.32 Å². The molecular weight excluding hydrogens is 517 g/mol. The molecule has 8 heteroatoms. The number of halogens is 2. The van der Waals surface area contributed by atoms with E-state index in [1.165, 1.54) is 40.9 Å². The van der Waals surface area contributed by atoms with Crippen LogP contribution in [0, 0.1) is 24.1 Å². The lowest BCUT2D eigenvalue weighted by molar-refractivity contribution is -0.117. The van der Waals surface area contributed by atoms with E-state index in [2.05, 4.69) is 21.2 Å². The van der Waals surface area contributed by atoms with Gasteiger partial charge in [0.2, 0.25) is 5.91 Å². The Morgan fingerprint density at radius 1 is 1.12 bits per heavy atom. The van der Waals surface area contributed by atoms with Gasteiger partial charge in [-0.15, -0.1) is 0 Å². The van der Waals surface area contributed by atoms with Gasteiger partial charge in [0.1, 0.15) is 22.5 Å². The van der Waals surface area contributed by atoms with Crippen molar-refractivity contribution in [1.29, 1.82) is 5.26 Å². The number of hydrogen-bond acceptors (Lipinski definition) is 4. The molecule has 0 bridgehead atoms. The molecule has 34 heavy (non-hydrogen) atoms. The molecule has 3 aromatic carbocycles. The Bertz CT molecular complexity index is 1320. The molecule has 4 rings (SSSR count). The van der Waals surface area contributed by atoms with E-state index in [0.29, 0.717) is 17.8 Å². The van der Waals surface area contributed by atoms with Crippen LogP contribution in [0.4, 0.5) is 15.8 Å². The summed E-state index contributed by atoms with van der Waals surface area (Å²) in [7, 11) is 0. The summed E-state index contributed by atoms with van der Waals surface area (Å²) in [5, 5.41) is 12.3. The summed E-state index contributed by atoms with van der Waals surface area (Å²) in [6.45, 7) is 1.97. The first kappa shape index (κ1) is 23.7. The van der Waals surface area contributed by atoms with Crippen LogP contribution in [-0.4, -0.2) is 17.1 Å². The molecule has 0 aliphatic carbocycles. The van der Waals surface area contributed by atoms with Gasteiger partial charge in [-0.2, -0.15) is 5.26 Å². The van der Waals surface area contributed by atoms with Gasteiger partial charge in [-0.1, -0.05) is 52.0 Å². The van der Waals surface area contributed by atoms with Crippen molar-refractivity contribution in [1.82, 2.24) is 0 Å². The zero-order valence-electron chi connectivity index (χ0n) is 18.1. The van der Waals surface area contributed by atoms with Crippen LogP contribution in [0.1, 0.15) is 11.1 Å². The van der Waals surface area contributed by atoms with Crippen molar-refractivity contribution in [3.05, 3.63) is 105 Å². The lowest BCUT2D eigenvalue weighted by Crippen LogP contribution is -2.31. The molecule has 1 fully saturated rings. The Morgan fingerprint density at radius 3 is 2.44 bits per heavy atom. The Kier molecular flexibility index (Phi) is 7.15. The Hall–Kier alpha value is -3.41. The van der Waals surface area contributed by atoms with Crippen molar-refractivity contribution in [2.24, 2.45) is 0 Å². The van der Waals surface area contributed by atoms with Crippen LogP contribution >= 0.6 is 27.7 Å². The molecule has 0 saturated carbocycles. The number of amides is 2. The second-order valence-corrected chi connectivity index (χ2v) is 9.75. The van der Waals surface area contributed by atoms with Gasteiger partial charge in [-0.25, -0.2) is 4.39 Å². The molecule has 0 spiro atoms. The monoisotopic (exact) mass is 535 g/mol. The van der Waals surface area contributed by atoms with Gasteiger partial charge in [0.15, 0.2) is 0 Å². The number of aryl methyl sites for hydroxylation is 1.